The molecule has 3 aromatic rings. The summed E-state index contributed by atoms with van der Waals surface area (Å²) in [4.78, 5) is 26.6. The van der Waals surface area contributed by atoms with Crippen molar-refractivity contribution in [1.82, 2.24) is 15.0 Å². The van der Waals surface area contributed by atoms with Crippen LogP contribution in [0.4, 0.5) is 11.5 Å². The van der Waals surface area contributed by atoms with Gasteiger partial charge in [0.15, 0.2) is 16.4 Å². The molecule has 29 heavy (non-hydrogen) atoms. The normalized spacial score (nSPS) is 11.1. The largest absolute Gasteiger partial charge is 0.495 e. The number of hydrogen-bond donors (Lipinski definition) is 2. The number of anilines is 1. The van der Waals surface area contributed by atoms with Crippen molar-refractivity contribution in [2.24, 2.45) is 0 Å². The maximum Gasteiger partial charge on any atom is 0.295 e. The Morgan fingerprint density at radius 2 is 2.14 bits per heavy atom. The van der Waals surface area contributed by atoms with Crippen molar-refractivity contribution in [3.8, 4) is 11.8 Å². The molecule has 0 aliphatic rings. The number of carbonyl (C=O) groups is 1. The summed E-state index contributed by atoms with van der Waals surface area (Å²) in [7, 11) is -2.17. The summed E-state index contributed by atoms with van der Waals surface area (Å²) in [5.41, 5.74) is 2.01. The maximum absolute atomic E-state index is 12.2. The number of carbonyl (C=O) groups excluding carboxylic acids is 1. The Labute approximate surface area is 166 Å². The highest BCUT2D eigenvalue weighted by atomic mass is 32.2. The third-order valence-electron chi connectivity index (χ3n) is 4.01. The van der Waals surface area contributed by atoms with Crippen LogP contribution in [0.1, 0.15) is 5.56 Å². The lowest BCUT2D eigenvalue weighted by molar-refractivity contribution is -0.118. The minimum atomic E-state index is -3.53. The SMILES string of the molecule is [C-]#[N+]c1ncc2[nH]c(OCC(=O)Nc3ccc(OC)c(S(C)(=O)=O)c3)nc2c1C. The fourth-order valence-electron chi connectivity index (χ4n) is 2.63. The summed E-state index contributed by atoms with van der Waals surface area (Å²) in [5.74, 6) is -0.0759. The molecule has 1 amide bonds. The molecule has 2 heterocycles. The van der Waals surface area contributed by atoms with E-state index in [1.54, 1.807) is 6.92 Å². The van der Waals surface area contributed by atoms with Gasteiger partial charge in [-0.2, -0.15) is 4.98 Å². The van der Waals surface area contributed by atoms with Crippen LogP contribution < -0.4 is 14.8 Å². The van der Waals surface area contributed by atoms with Gasteiger partial charge in [0, 0.05) is 17.5 Å². The van der Waals surface area contributed by atoms with Gasteiger partial charge in [-0.25, -0.2) is 8.42 Å². The van der Waals surface area contributed by atoms with Crippen LogP contribution in [-0.2, 0) is 14.6 Å². The Hall–Kier alpha value is -3.65. The highest BCUT2D eigenvalue weighted by molar-refractivity contribution is 7.90. The van der Waals surface area contributed by atoms with Crippen molar-refractivity contribution in [1.29, 1.82) is 0 Å². The molecule has 0 saturated heterocycles. The van der Waals surface area contributed by atoms with Crippen molar-refractivity contribution in [3.63, 3.8) is 0 Å². The molecule has 1 aromatic carbocycles. The van der Waals surface area contributed by atoms with E-state index in [-0.39, 0.29) is 34.8 Å². The second-order valence-electron chi connectivity index (χ2n) is 6.10. The smallest absolute Gasteiger partial charge is 0.295 e. The van der Waals surface area contributed by atoms with Crippen LogP contribution in [0.15, 0.2) is 29.3 Å². The molecule has 2 N–H and O–H groups in total. The number of aromatic amines is 1. The van der Waals surface area contributed by atoms with Crippen molar-refractivity contribution in [3.05, 3.63) is 41.4 Å². The summed E-state index contributed by atoms with van der Waals surface area (Å²) < 4.78 is 34.1. The van der Waals surface area contributed by atoms with E-state index in [9.17, 15) is 13.2 Å². The van der Waals surface area contributed by atoms with Gasteiger partial charge in [-0.15, -0.1) is 4.98 Å². The molecule has 0 saturated carbocycles. The Morgan fingerprint density at radius 3 is 2.79 bits per heavy atom. The van der Waals surface area contributed by atoms with E-state index < -0.39 is 15.7 Å². The number of nitrogens with zero attached hydrogens (tertiary/aromatic N) is 3. The Morgan fingerprint density at radius 1 is 1.38 bits per heavy atom. The van der Waals surface area contributed by atoms with Crippen LogP contribution in [0, 0.1) is 13.5 Å². The van der Waals surface area contributed by atoms with E-state index in [1.807, 2.05) is 0 Å². The van der Waals surface area contributed by atoms with Gasteiger partial charge in [-0.1, -0.05) is 6.57 Å². The molecular formula is C18H17N5O5S. The quantitative estimate of drug-likeness (QED) is 0.591. The fourth-order valence-corrected chi connectivity index (χ4v) is 3.49. The Balaban J connectivity index is 1.71. The number of fused-ring (bicyclic) bond motifs is 1. The second kappa shape index (κ2) is 7.76. The third-order valence-corrected chi connectivity index (χ3v) is 5.13. The first-order valence-corrected chi connectivity index (χ1v) is 10.2. The van der Waals surface area contributed by atoms with Crippen LogP contribution in [0.2, 0.25) is 0 Å². The van der Waals surface area contributed by atoms with Crippen LogP contribution in [-0.4, -0.2) is 49.2 Å². The molecule has 11 heteroatoms. The van der Waals surface area contributed by atoms with E-state index in [0.717, 1.165) is 6.26 Å². The molecule has 0 unspecified atom stereocenters. The summed E-state index contributed by atoms with van der Waals surface area (Å²) >= 11 is 0. The molecule has 150 valence electrons. The molecule has 0 spiro atoms. The number of sulfone groups is 1. The minimum Gasteiger partial charge on any atom is -0.495 e. The van der Waals surface area contributed by atoms with Crippen LogP contribution in [0.3, 0.4) is 0 Å². The number of imidazole rings is 1. The number of nitrogens with one attached hydrogen (secondary N) is 2. The van der Waals surface area contributed by atoms with Gasteiger partial charge in [-0.3, -0.25) is 4.79 Å². The van der Waals surface area contributed by atoms with Gasteiger partial charge in [0.05, 0.1) is 12.6 Å². The highest BCUT2D eigenvalue weighted by Crippen LogP contribution is 2.27. The fraction of sp³-hybridized carbons (Fsp3) is 0.222. The number of ether oxygens (including phenoxy) is 2. The predicted molar refractivity (Wildman–Crippen MR) is 105 cm³/mol. The van der Waals surface area contributed by atoms with Gasteiger partial charge >= 0.3 is 0 Å². The van der Waals surface area contributed by atoms with Gasteiger partial charge in [0.1, 0.15) is 22.4 Å². The first-order chi connectivity index (χ1) is 13.7. The van der Waals surface area contributed by atoms with Crippen molar-refractivity contribution in [2.45, 2.75) is 11.8 Å². The average molecular weight is 415 g/mol. The zero-order chi connectivity index (χ0) is 21.2. The summed E-state index contributed by atoms with van der Waals surface area (Å²) in [6, 6.07) is 4.40. The zero-order valence-electron chi connectivity index (χ0n) is 15.8. The number of pyridine rings is 1. The van der Waals surface area contributed by atoms with E-state index in [4.69, 9.17) is 16.0 Å². The molecule has 0 bridgehead atoms. The number of rotatable bonds is 6. The number of aryl methyl sites for hydroxylation is 1. The van der Waals surface area contributed by atoms with E-state index >= 15 is 0 Å². The molecule has 3 rings (SSSR count). The number of H-pyrrole nitrogens is 1. The van der Waals surface area contributed by atoms with Crippen LogP contribution in [0.5, 0.6) is 11.8 Å². The molecule has 0 aliphatic heterocycles. The molecule has 0 fully saturated rings. The van der Waals surface area contributed by atoms with Crippen LogP contribution >= 0.6 is 0 Å². The van der Waals surface area contributed by atoms with Gasteiger partial charge < -0.3 is 24.6 Å². The predicted octanol–water partition coefficient (Wildman–Crippen LogP) is 2.25. The minimum absolute atomic E-state index is 0.0328. The van der Waals surface area contributed by atoms with Crippen LogP contribution in [0.25, 0.3) is 15.9 Å². The number of benzene rings is 1. The van der Waals surface area contributed by atoms with Gasteiger partial charge in [-0.05, 0) is 25.1 Å². The monoisotopic (exact) mass is 415 g/mol. The maximum atomic E-state index is 12.2. The average Bonchev–Trinajstić information content (AvgIpc) is 3.10. The molecule has 10 nitrogen and oxygen atoms in total. The van der Waals surface area contributed by atoms with Crippen molar-refractivity contribution >= 4 is 38.3 Å². The first-order valence-electron chi connectivity index (χ1n) is 8.26. The molecular weight excluding hydrogens is 398 g/mol. The standard InChI is InChI=1S/C18H17N5O5S/c1-10-16-12(8-20-17(10)19-2)22-18(23-16)28-9-15(24)21-11-5-6-13(27-3)14(7-11)29(4,25)26/h5-8H,9H2,1,3-4H3,(H,21,24)(H,22,23). The number of hydrogen-bond acceptors (Lipinski definition) is 7. The van der Waals surface area contributed by atoms with Gasteiger partial charge in [0.25, 0.3) is 17.7 Å². The molecule has 0 radical (unpaired) electrons. The molecule has 0 aliphatic carbocycles. The number of aromatic nitrogens is 3. The highest BCUT2D eigenvalue weighted by Gasteiger charge is 2.16. The lowest BCUT2D eigenvalue weighted by Gasteiger charge is -2.10. The van der Waals surface area contributed by atoms with Crippen molar-refractivity contribution < 1.29 is 22.7 Å². The number of amides is 1. The van der Waals surface area contributed by atoms with E-state index in [2.05, 4.69) is 25.1 Å². The number of methoxy groups -OCH3 is 1. The third kappa shape index (κ3) is 4.27. The summed E-state index contributed by atoms with van der Waals surface area (Å²) in [6.45, 7) is 8.45. The summed E-state index contributed by atoms with van der Waals surface area (Å²) in [5, 5.41) is 2.56. The van der Waals surface area contributed by atoms with E-state index in [0.29, 0.717) is 16.6 Å². The molecule has 2 aromatic heterocycles. The topological polar surface area (TPSA) is 128 Å². The van der Waals surface area contributed by atoms with E-state index in [1.165, 1.54) is 31.5 Å². The Kier molecular flexibility index (Phi) is 5.38. The Bertz CT molecular complexity index is 1240. The lowest BCUT2D eigenvalue weighted by Crippen LogP contribution is -2.20. The second-order valence-corrected chi connectivity index (χ2v) is 8.08. The zero-order valence-corrected chi connectivity index (χ0v) is 16.6. The first kappa shape index (κ1) is 20.1. The summed E-state index contributed by atoms with van der Waals surface area (Å²) in [6.07, 6.45) is 2.52. The molecule has 0 atom stereocenters. The van der Waals surface area contributed by atoms with Gasteiger partial charge in [0.2, 0.25) is 0 Å². The lowest BCUT2D eigenvalue weighted by atomic mass is 10.2. The van der Waals surface area contributed by atoms with Crippen molar-refractivity contribution in [2.75, 3.05) is 25.3 Å².